The van der Waals surface area contributed by atoms with E-state index in [9.17, 15) is 4.79 Å². The molecule has 0 radical (unpaired) electrons. The van der Waals surface area contributed by atoms with Crippen LogP contribution in [0.3, 0.4) is 0 Å². The van der Waals surface area contributed by atoms with Crippen LogP contribution in [-0.2, 0) is 4.74 Å². The van der Waals surface area contributed by atoms with Crippen LogP contribution in [0.5, 0.6) is 5.75 Å². The molecule has 0 fully saturated rings. The van der Waals surface area contributed by atoms with Crippen molar-refractivity contribution >= 4 is 22.0 Å². The van der Waals surface area contributed by atoms with Crippen molar-refractivity contribution in [1.82, 2.24) is 5.32 Å². The third-order valence-electron chi connectivity index (χ3n) is 2.46. The first-order valence-corrected chi connectivity index (χ1v) is 6.57. The van der Waals surface area contributed by atoms with E-state index in [1.54, 1.807) is 0 Å². The topological polar surface area (TPSA) is 47.6 Å². The van der Waals surface area contributed by atoms with E-state index in [0.29, 0.717) is 6.61 Å². The van der Waals surface area contributed by atoms with Gasteiger partial charge in [0.1, 0.15) is 18.0 Å². The summed E-state index contributed by atoms with van der Waals surface area (Å²) in [6, 6.07) is 5.54. The first-order chi connectivity index (χ1) is 8.37. The minimum atomic E-state index is -0.500. The van der Waals surface area contributed by atoms with Crippen LogP contribution in [0.1, 0.15) is 32.4 Å². The Morgan fingerprint density at radius 1 is 1.50 bits per heavy atom. The molecular weight excluding hydrogens is 298 g/mol. The summed E-state index contributed by atoms with van der Waals surface area (Å²) in [6.07, 6.45) is -0.431. The molecule has 18 heavy (non-hydrogen) atoms. The molecule has 1 aliphatic rings. The van der Waals surface area contributed by atoms with Crippen LogP contribution in [0.2, 0.25) is 0 Å². The van der Waals surface area contributed by atoms with E-state index < -0.39 is 11.7 Å². The molecule has 0 saturated heterocycles. The largest absolute Gasteiger partial charge is 0.491 e. The number of carbonyl (C=O) groups excluding carboxylic acids is 1. The molecule has 0 spiro atoms. The number of benzene rings is 1. The fourth-order valence-electron chi connectivity index (χ4n) is 1.80. The number of hydrogen-bond acceptors (Lipinski definition) is 3. The molecule has 0 bridgehead atoms. The summed E-state index contributed by atoms with van der Waals surface area (Å²) in [5.41, 5.74) is 0.462. The van der Waals surface area contributed by atoms with Crippen LogP contribution in [0.15, 0.2) is 22.7 Å². The van der Waals surface area contributed by atoms with Crippen LogP contribution in [-0.4, -0.2) is 18.3 Å². The fourth-order valence-corrected chi connectivity index (χ4v) is 2.43. The van der Waals surface area contributed by atoms with E-state index in [2.05, 4.69) is 21.2 Å². The first-order valence-electron chi connectivity index (χ1n) is 5.77. The van der Waals surface area contributed by atoms with Crippen molar-refractivity contribution in [3.05, 3.63) is 28.2 Å². The first kappa shape index (κ1) is 13.2. The number of halogens is 1. The lowest BCUT2D eigenvalue weighted by molar-refractivity contribution is 0.0496. The van der Waals surface area contributed by atoms with E-state index >= 15 is 0 Å². The van der Waals surface area contributed by atoms with Crippen molar-refractivity contribution in [2.45, 2.75) is 32.4 Å². The molecule has 2 rings (SSSR count). The van der Waals surface area contributed by atoms with Gasteiger partial charge in [-0.15, -0.1) is 0 Å². The Morgan fingerprint density at radius 2 is 2.22 bits per heavy atom. The predicted octanol–water partition coefficient (Wildman–Crippen LogP) is 3.41. The summed E-state index contributed by atoms with van der Waals surface area (Å²) < 4.78 is 11.7. The summed E-state index contributed by atoms with van der Waals surface area (Å²) in [5, 5.41) is 2.82. The Labute approximate surface area is 115 Å². The number of amides is 1. The van der Waals surface area contributed by atoms with E-state index in [4.69, 9.17) is 9.47 Å². The van der Waals surface area contributed by atoms with E-state index in [-0.39, 0.29) is 6.04 Å². The molecule has 5 heteroatoms. The van der Waals surface area contributed by atoms with Gasteiger partial charge < -0.3 is 14.8 Å². The quantitative estimate of drug-likeness (QED) is 0.864. The van der Waals surface area contributed by atoms with Crippen molar-refractivity contribution < 1.29 is 14.3 Å². The molecule has 98 valence electrons. The van der Waals surface area contributed by atoms with Crippen molar-refractivity contribution in [3.8, 4) is 5.75 Å². The van der Waals surface area contributed by atoms with E-state index in [1.807, 2.05) is 39.0 Å². The minimum absolute atomic E-state index is 0.176. The number of nitrogens with one attached hydrogen (secondary N) is 1. The molecule has 1 aromatic carbocycles. The summed E-state index contributed by atoms with van der Waals surface area (Å²) in [6.45, 7) is 5.93. The second-order valence-corrected chi connectivity index (χ2v) is 6.02. The second kappa shape index (κ2) is 4.80. The van der Waals surface area contributed by atoms with Gasteiger partial charge in [0.2, 0.25) is 0 Å². The van der Waals surface area contributed by atoms with Gasteiger partial charge in [-0.25, -0.2) is 4.79 Å². The van der Waals surface area contributed by atoms with E-state index in [1.165, 1.54) is 0 Å². The van der Waals surface area contributed by atoms with Crippen LogP contribution < -0.4 is 10.1 Å². The maximum absolute atomic E-state index is 11.7. The number of hydrogen-bond donors (Lipinski definition) is 1. The lowest BCUT2D eigenvalue weighted by Crippen LogP contribution is -2.35. The van der Waals surface area contributed by atoms with Crippen LogP contribution >= 0.6 is 15.9 Å². The molecule has 1 heterocycles. The highest BCUT2D eigenvalue weighted by atomic mass is 79.9. The van der Waals surface area contributed by atoms with Crippen molar-refractivity contribution in [2.24, 2.45) is 0 Å². The zero-order valence-electron chi connectivity index (χ0n) is 10.6. The SMILES string of the molecule is CC(C)(C)OC(=O)N[C@H]1COc2cccc(Br)c21. The van der Waals surface area contributed by atoms with Gasteiger partial charge in [0.05, 0.1) is 6.04 Å². The Balaban J connectivity index is 2.08. The third-order valence-corrected chi connectivity index (χ3v) is 3.15. The average molecular weight is 314 g/mol. The highest BCUT2D eigenvalue weighted by molar-refractivity contribution is 9.10. The van der Waals surface area contributed by atoms with Gasteiger partial charge in [0.25, 0.3) is 0 Å². The number of rotatable bonds is 1. The Hall–Kier alpha value is -1.23. The molecule has 1 aromatic rings. The van der Waals surface area contributed by atoms with Gasteiger partial charge >= 0.3 is 6.09 Å². The Kier molecular flexibility index (Phi) is 3.52. The normalized spacial score (nSPS) is 17.9. The predicted molar refractivity (Wildman–Crippen MR) is 71.7 cm³/mol. The lowest BCUT2D eigenvalue weighted by Gasteiger charge is -2.21. The van der Waals surface area contributed by atoms with Crippen LogP contribution in [0, 0.1) is 0 Å². The van der Waals surface area contributed by atoms with Gasteiger partial charge in [-0.05, 0) is 32.9 Å². The highest BCUT2D eigenvalue weighted by Crippen LogP contribution is 2.37. The maximum Gasteiger partial charge on any atom is 0.408 e. The molecule has 1 aliphatic heterocycles. The minimum Gasteiger partial charge on any atom is -0.491 e. The molecule has 1 N–H and O–H groups in total. The van der Waals surface area contributed by atoms with Gasteiger partial charge in [-0.1, -0.05) is 22.0 Å². The van der Waals surface area contributed by atoms with E-state index in [0.717, 1.165) is 15.8 Å². The third kappa shape index (κ3) is 2.96. The average Bonchev–Trinajstić information content (AvgIpc) is 2.59. The number of carbonyl (C=O) groups is 1. The molecule has 0 aliphatic carbocycles. The summed E-state index contributed by atoms with van der Waals surface area (Å²) >= 11 is 3.47. The maximum atomic E-state index is 11.7. The molecule has 1 atom stereocenters. The monoisotopic (exact) mass is 313 g/mol. The number of ether oxygens (including phenoxy) is 2. The molecular formula is C13H16BrNO3. The Bertz CT molecular complexity index is 468. The van der Waals surface area contributed by atoms with Crippen LogP contribution in [0.25, 0.3) is 0 Å². The molecule has 0 saturated carbocycles. The van der Waals surface area contributed by atoms with Crippen LogP contribution in [0.4, 0.5) is 4.79 Å². The van der Waals surface area contributed by atoms with Crippen molar-refractivity contribution in [3.63, 3.8) is 0 Å². The van der Waals surface area contributed by atoms with Crippen molar-refractivity contribution in [1.29, 1.82) is 0 Å². The standard InChI is InChI=1S/C13H16BrNO3/c1-13(2,3)18-12(16)15-9-7-17-10-6-4-5-8(14)11(9)10/h4-6,9H,7H2,1-3H3,(H,15,16)/t9-/m0/s1. The number of alkyl carbamates (subject to hydrolysis) is 1. The Morgan fingerprint density at radius 3 is 2.89 bits per heavy atom. The molecule has 4 nitrogen and oxygen atoms in total. The smallest absolute Gasteiger partial charge is 0.408 e. The van der Waals surface area contributed by atoms with Gasteiger partial charge in [-0.3, -0.25) is 0 Å². The summed E-state index contributed by atoms with van der Waals surface area (Å²) in [7, 11) is 0. The number of fused-ring (bicyclic) bond motifs is 1. The zero-order valence-corrected chi connectivity index (χ0v) is 12.2. The van der Waals surface area contributed by atoms with Gasteiger partial charge in [-0.2, -0.15) is 0 Å². The molecule has 0 unspecified atom stereocenters. The fraction of sp³-hybridized carbons (Fsp3) is 0.462. The lowest BCUT2D eigenvalue weighted by atomic mass is 10.1. The molecule has 1 amide bonds. The zero-order chi connectivity index (χ0) is 13.3. The highest BCUT2D eigenvalue weighted by Gasteiger charge is 2.29. The summed E-state index contributed by atoms with van der Waals surface area (Å²) in [4.78, 5) is 11.7. The van der Waals surface area contributed by atoms with Gasteiger partial charge in [0.15, 0.2) is 0 Å². The van der Waals surface area contributed by atoms with Crippen molar-refractivity contribution in [2.75, 3.05) is 6.61 Å². The van der Waals surface area contributed by atoms with Gasteiger partial charge in [0, 0.05) is 10.0 Å². The summed E-state index contributed by atoms with van der Waals surface area (Å²) in [5.74, 6) is 0.797. The second-order valence-electron chi connectivity index (χ2n) is 5.16. The molecule has 0 aromatic heterocycles.